The molecule has 2 aromatic carbocycles. The van der Waals surface area contributed by atoms with Crippen molar-refractivity contribution < 1.29 is 0 Å². The van der Waals surface area contributed by atoms with Gasteiger partial charge in [-0.1, -0.05) is 6.07 Å². The van der Waals surface area contributed by atoms with Gasteiger partial charge in [0.1, 0.15) is 0 Å². The molecule has 1 heterocycles. The van der Waals surface area contributed by atoms with Crippen LogP contribution in [0.2, 0.25) is 0 Å². The third-order valence-electron chi connectivity index (χ3n) is 4.68. The number of aromatic nitrogens is 1. The van der Waals surface area contributed by atoms with E-state index in [1.807, 2.05) is 23.9 Å². The van der Waals surface area contributed by atoms with Crippen molar-refractivity contribution in [2.45, 2.75) is 24.2 Å². The van der Waals surface area contributed by atoms with Crippen LogP contribution in [0, 0.1) is 11.3 Å². The molecule has 3 aromatic rings. The summed E-state index contributed by atoms with van der Waals surface area (Å²) in [6.07, 6.45) is 5.74. The Labute approximate surface area is 128 Å². The fourth-order valence-corrected chi connectivity index (χ4v) is 4.51. The maximum atomic E-state index is 9.46. The van der Waals surface area contributed by atoms with Gasteiger partial charge in [0.25, 0.3) is 0 Å². The van der Waals surface area contributed by atoms with Gasteiger partial charge in [0, 0.05) is 22.7 Å². The lowest BCUT2D eigenvalue weighted by molar-refractivity contribution is 0.903. The van der Waals surface area contributed by atoms with Crippen LogP contribution in [0.25, 0.3) is 21.8 Å². The number of benzene rings is 2. The molecule has 0 spiro atoms. The molecule has 21 heavy (non-hydrogen) atoms. The lowest BCUT2D eigenvalue weighted by Gasteiger charge is -2.09. The second kappa shape index (κ2) is 4.54. The van der Waals surface area contributed by atoms with E-state index >= 15 is 0 Å². The fourth-order valence-electron chi connectivity index (χ4n) is 3.80. The number of aryl methyl sites for hydroxylation is 2. The van der Waals surface area contributed by atoms with E-state index in [1.54, 1.807) is 0 Å². The maximum Gasteiger partial charge on any atom is 0.0998 e. The molecule has 1 aromatic heterocycles. The number of nitriles is 1. The molecule has 4 rings (SSSR count). The lowest BCUT2D eigenvalue weighted by atomic mass is 10.0. The largest absolute Gasteiger partial charge is 0.343 e. The van der Waals surface area contributed by atoms with Crippen molar-refractivity contribution in [3.05, 3.63) is 41.0 Å². The Bertz CT molecular complexity index is 928. The topological polar surface area (TPSA) is 28.7 Å². The molecular weight excluding hydrogens is 276 g/mol. The first kappa shape index (κ1) is 12.8. The molecule has 1 aliphatic carbocycles. The Hall–Kier alpha value is -1.92. The highest BCUT2D eigenvalue weighted by Crippen LogP contribution is 2.41. The highest BCUT2D eigenvalue weighted by Gasteiger charge is 2.22. The molecule has 0 aliphatic heterocycles. The van der Waals surface area contributed by atoms with E-state index in [-0.39, 0.29) is 0 Å². The van der Waals surface area contributed by atoms with E-state index in [0.717, 1.165) is 22.9 Å². The summed E-state index contributed by atoms with van der Waals surface area (Å²) in [4.78, 5) is 1.38. The van der Waals surface area contributed by atoms with Crippen LogP contribution in [0.4, 0.5) is 0 Å². The molecule has 0 bridgehead atoms. The van der Waals surface area contributed by atoms with E-state index in [0.29, 0.717) is 0 Å². The molecule has 104 valence electrons. The van der Waals surface area contributed by atoms with E-state index < -0.39 is 0 Å². The third kappa shape index (κ3) is 1.60. The Morgan fingerprint density at radius 2 is 2.05 bits per heavy atom. The van der Waals surface area contributed by atoms with Gasteiger partial charge in [0.05, 0.1) is 22.7 Å². The molecule has 3 heteroatoms. The summed E-state index contributed by atoms with van der Waals surface area (Å²) in [7, 11) is 2.13. The van der Waals surface area contributed by atoms with Gasteiger partial charge in [0.15, 0.2) is 0 Å². The zero-order chi connectivity index (χ0) is 14.6. The summed E-state index contributed by atoms with van der Waals surface area (Å²) < 4.78 is 2.28. The molecule has 0 amide bonds. The predicted octanol–water partition coefficient (Wildman–Crippen LogP) is 4.41. The van der Waals surface area contributed by atoms with Crippen LogP contribution >= 0.6 is 11.8 Å². The summed E-state index contributed by atoms with van der Waals surface area (Å²) in [5.41, 5.74) is 6.30. The zero-order valence-electron chi connectivity index (χ0n) is 12.2. The highest BCUT2D eigenvalue weighted by atomic mass is 32.2. The first-order valence-corrected chi connectivity index (χ1v) is 8.48. The van der Waals surface area contributed by atoms with Gasteiger partial charge in [-0.25, -0.2) is 0 Å². The van der Waals surface area contributed by atoms with Crippen LogP contribution in [0.15, 0.2) is 29.2 Å². The Morgan fingerprint density at radius 3 is 2.81 bits per heavy atom. The molecule has 0 fully saturated rings. The maximum absolute atomic E-state index is 9.46. The van der Waals surface area contributed by atoms with E-state index in [9.17, 15) is 5.26 Å². The molecule has 0 saturated heterocycles. The van der Waals surface area contributed by atoms with Gasteiger partial charge in [-0.05, 0) is 54.8 Å². The molecular formula is C18H16N2S. The Morgan fingerprint density at radius 1 is 1.24 bits per heavy atom. The number of hydrogen-bond donors (Lipinski definition) is 0. The van der Waals surface area contributed by atoms with Crippen LogP contribution in [0.1, 0.15) is 23.1 Å². The normalized spacial score (nSPS) is 13.8. The van der Waals surface area contributed by atoms with Gasteiger partial charge in [-0.15, -0.1) is 11.8 Å². The molecule has 0 N–H and O–H groups in total. The minimum atomic E-state index is 0.781. The van der Waals surface area contributed by atoms with Crippen molar-refractivity contribution in [3.8, 4) is 6.07 Å². The number of thioether (sulfide) groups is 1. The average Bonchev–Trinajstić information content (AvgIpc) is 3.10. The summed E-state index contributed by atoms with van der Waals surface area (Å²) in [6, 6.07) is 10.7. The number of fused-ring (bicyclic) bond motifs is 5. The fraction of sp³-hybridized carbons (Fsp3) is 0.278. The number of rotatable bonds is 1. The quantitative estimate of drug-likeness (QED) is 0.621. The van der Waals surface area contributed by atoms with Crippen LogP contribution in [-0.2, 0) is 19.9 Å². The van der Waals surface area contributed by atoms with E-state index in [4.69, 9.17) is 0 Å². The van der Waals surface area contributed by atoms with Gasteiger partial charge in [0.2, 0.25) is 0 Å². The Kier molecular flexibility index (Phi) is 2.77. The highest BCUT2D eigenvalue weighted by molar-refractivity contribution is 7.98. The second-order valence-electron chi connectivity index (χ2n) is 5.66. The van der Waals surface area contributed by atoms with Crippen LogP contribution < -0.4 is 0 Å². The third-order valence-corrected chi connectivity index (χ3v) is 5.48. The minimum Gasteiger partial charge on any atom is -0.343 e. The number of nitrogens with zero attached hydrogens (tertiary/aromatic N) is 2. The summed E-state index contributed by atoms with van der Waals surface area (Å²) in [6.45, 7) is 0. The van der Waals surface area contributed by atoms with Gasteiger partial charge < -0.3 is 4.57 Å². The zero-order valence-corrected chi connectivity index (χ0v) is 13.0. The molecule has 0 unspecified atom stereocenters. The van der Waals surface area contributed by atoms with Crippen molar-refractivity contribution in [1.29, 1.82) is 5.26 Å². The van der Waals surface area contributed by atoms with E-state index in [2.05, 4.69) is 36.1 Å². The van der Waals surface area contributed by atoms with Gasteiger partial charge >= 0.3 is 0 Å². The molecule has 2 nitrogen and oxygen atoms in total. The molecule has 0 radical (unpaired) electrons. The van der Waals surface area contributed by atoms with Crippen molar-refractivity contribution in [2.75, 3.05) is 6.26 Å². The first-order valence-electron chi connectivity index (χ1n) is 7.26. The van der Waals surface area contributed by atoms with Gasteiger partial charge in [-0.2, -0.15) is 5.26 Å². The van der Waals surface area contributed by atoms with Crippen molar-refractivity contribution >= 4 is 33.6 Å². The first-order chi connectivity index (χ1) is 10.3. The van der Waals surface area contributed by atoms with Crippen molar-refractivity contribution in [2.24, 2.45) is 7.05 Å². The van der Waals surface area contributed by atoms with Crippen LogP contribution in [-0.4, -0.2) is 10.8 Å². The monoisotopic (exact) mass is 292 g/mol. The Balaban J connectivity index is 2.29. The standard InChI is InChI=1S/C18H16N2S/c1-20-15-8-3-5-11(10-19)17(15)14-9-16(21-2)12-6-4-7-13(12)18(14)20/h3,5,8-9H,4,6-7H2,1-2H3. The summed E-state index contributed by atoms with van der Waals surface area (Å²) >= 11 is 1.83. The SMILES string of the molecule is CSc1cc2c3c(C#N)cccc3n(C)c2c2c1CCC2. The predicted molar refractivity (Wildman–Crippen MR) is 88.9 cm³/mol. The van der Waals surface area contributed by atoms with Crippen molar-refractivity contribution in [1.82, 2.24) is 4.57 Å². The molecule has 0 atom stereocenters. The van der Waals surface area contributed by atoms with Crippen LogP contribution in [0.5, 0.6) is 0 Å². The average molecular weight is 292 g/mol. The van der Waals surface area contributed by atoms with Crippen molar-refractivity contribution in [3.63, 3.8) is 0 Å². The molecule has 0 saturated carbocycles. The van der Waals surface area contributed by atoms with E-state index in [1.165, 1.54) is 39.8 Å². The van der Waals surface area contributed by atoms with Gasteiger partial charge in [-0.3, -0.25) is 0 Å². The summed E-state index contributed by atoms with van der Waals surface area (Å²) in [5.74, 6) is 0. The summed E-state index contributed by atoms with van der Waals surface area (Å²) in [5, 5.41) is 11.8. The number of hydrogen-bond acceptors (Lipinski definition) is 2. The minimum absolute atomic E-state index is 0.781. The smallest absolute Gasteiger partial charge is 0.0998 e. The lowest BCUT2D eigenvalue weighted by Crippen LogP contribution is -1.94. The molecule has 1 aliphatic rings. The second-order valence-corrected chi connectivity index (χ2v) is 6.50. The van der Waals surface area contributed by atoms with Crippen LogP contribution in [0.3, 0.4) is 0 Å².